The molecule has 20 heavy (non-hydrogen) atoms. The van der Waals surface area contributed by atoms with E-state index in [1.165, 1.54) is 32.4 Å². The third-order valence-electron chi connectivity index (χ3n) is 4.41. The van der Waals surface area contributed by atoms with Crippen LogP contribution >= 0.6 is 0 Å². The first-order valence-electron chi connectivity index (χ1n) is 7.66. The number of nitrogens with one attached hydrogen (secondary N) is 1. The van der Waals surface area contributed by atoms with Gasteiger partial charge in [0.05, 0.1) is 0 Å². The van der Waals surface area contributed by atoms with Crippen molar-refractivity contribution < 1.29 is 9.84 Å². The van der Waals surface area contributed by atoms with Crippen LogP contribution in [0.5, 0.6) is 5.75 Å². The van der Waals surface area contributed by atoms with Crippen molar-refractivity contribution in [1.29, 1.82) is 0 Å². The van der Waals surface area contributed by atoms with E-state index in [-0.39, 0.29) is 0 Å². The third kappa shape index (κ3) is 3.32. The molecule has 1 aromatic rings. The number of hydrogen-bond donors (Lipinski definition) is 2. The molecule has 4 heteroatoms. The third-order valence-corrected chi connectivity index (χ3v) is 4.41. The SMILES string of the molecule is OC(CNC1CCN2CCCC12)COc1ccccc1. The predicted molar refractivity (Wildman–Crippen MR) is 78.9 cm³/mol. The summed E-state index contributed by atoms with van der Waals surface area (Å²) in [6.07, 6.45) is 3.37. The molecular formula is C16H24N2O2. The summed E-state index contributed by atoms with van der Waals surface area (Å²) in [5.41, 5.74) is 0. The van der Waals surface area contributed by atoms with Crippen molar-refractivity contribution in [2.24, 2.45) is 0 Å². The Kier molecular flexibility index (Phi) is 4.55. The van der Waals surface area contributed by atoms with Crippen LogP contribution in [-0.4, -0.2) is 54.4 Å². The largest absolute Gasteiger partial charge is 0.491 e. The van der Waals surface area contributed by atoms with Gasteiger partial charge >= 0.3 is 0 Å². The summed E-state index contributed by atoms with van der Waals surface area (Å²) in [7, 11) is 0. The second kappa shape index (κ2) is 6.57. The van der Waals surface area contributed by atoms with Gasteiger partial charge in [-0.15, -0.1) is 0 Å². The number of aliphatic hydroxyl groups is 1. The second-order valence-electron chi connectivity index (χ2n) is 5.83. The van der Waals surface area contributed by atoms with E-state index in [4.69, 9.17) is 4.74 Å². The number of ether oxygens (including phenoxy) is 1. The first-order valence-corrected chi connectivity index (χ1v) is 7.66. The fourth-order valence-corrected chi connectivity index (χ4v) is 3.38. The maximum Gasteiger partial charge on any atom is 0.119 e. The zero-order valence-electron chi connectivity index (χ0n) is 11.9. The molecule has 2 aliphatic heterocycles. The van der Waals surface area contributed by atoms with Crippen LogP contribution in [0.15, 0.2) is 30.3 Å². The average molecular weight is 276 g/mol. The van der Waals surface area contributed by atoms with Gasteiger partial charge in [0, 0.05) is 25.2 Å². The van der Waals surface area contributed by atoms with Gasteiger partial charge in [-0.05, 0) is 37.9 Å². The van der Waals surface area contributed by atoms with Crippen molar-refractivity contribution in [2.75, 3.05) is 26.2 Å². The Hall–Kier alpha value is -1.10. The molecule has 1 aromatic carbocycles. The summed E-state index contributed by atoms with van der Waals surface area (Å²) >= 11 is 0. The molecule has 0 spiro atoms. The summed E-state index contributed by atoms with van der Waals surface area (Å²) < 4.78 is 5.57. The Morgan fingerprint density at radius 3 is 2.95 bits per heavy atom. The smallest absolute Gasteiger partial charge is 0.119 e. The van der Waals surface area contributed by atoms with Gasteiger partial charge in [-0.25, -0.2) is 0 Å². The van der Waals surface area contributed by atoms with E-state index < -0.39 is 6.10 Å². The normalized spacial score (nSPS) is 27.4. The Morgan fingerprint density at radius 1 is 1.25 bits per heavy atom. The molecule has 2 saturated heterocycles. The molecule has 0 amide bonds. The minimum atomic E-state index is -0.453. The zero-order valence-corrected chi connectivity index (χ0v) is 11.9. The maximum absolute atomic E-state index is 10.0. The van der Waals surface area contributed by atoms with Crippen molar-refractivity contribution in [3.63, 3.8) is 0 Å². The van der Waals surface area contributed by atoms with Crippen LogP contribution < -0.4 is 10.1 Å². The van der Waals surface area contributed by atoms with Gasteiger partial charge in [0.25, 0.3) is 0 Å². The molecule has 2 heterocycles. The second-order valence-corrected chi connectivity index (χ2v) is 5.83. The number of hydrogen-bond acceptors (Lipinski definition) is 4. The number of para-hydroxylation sites is 1. The molecule has 0 radical (unpaired) electrons. The van der Waals surface area contributed by atoms with Crippen molar-refractivity contribution in [3.05, 3.63) is 30.3 Å². The van der Waals surface area contributed by atoms with E-state index in [1.807, 2.05) is 30.3 Å². The van der Waals surface area contributed by atoms with Crippen LogP contribution in [0.3, 0.4) is 0 Å². The minimum Gasteiger partial charge on any atom is -0.491 e. The first-order chi connectivity index (χ1) is 9.83. The van der Waals surface area contributed by atoms with Crippen LogP contribution in [0.2, 0.25) is 0 Å². The maximum atomic E-state index is 10.0. The Bertz CT molecular complexity index is 412. The minimum absolute atomic E-state index is 0.345. The van der Waals surface area contributed by atoms with Crippen LogP contribution in [0, 0.1) is 0 Å². The molecule has 110 valence electrons. The molecule has 0 bridgehead atoms. The van der Waals surface area contributed by atoms with Gasteiger partial charge in [-0.2, -0.15) is 0 Å². The quantitative estimate of drug-likeness (QED) is 0.821. The van der Waals surface area contributed by atoms with E-state index in [1.54, 1.807) is 0 Å². The number of fused-ring (bicyclic) bond motifs is 1. The number of rotatable bonds is 6. The summed E-state index contributed by atoms with van der Waals surface area (Å²) in [4.78, 5) is 2.57. The molecule has 3 rings (SSSR count). The highest BCUT2D eigenvalue weighted by Crippen LogP contribution is 2.27. The molecule has 0 aromatic heterocycles. The summed E-state index contributed by atoms with van der Waals surface area (Å²) in [5, 5.41) is 13.5. The van der Waals surface area contributed by atoms with Crippen LogP contribution in [0.4, 0.5) is 0 Å². The predicted octanol–water partition coefficient (Wildman–Crippen LogP) is 1.25. The molecule has 0 saturated carbocycles. The first kappa shape index (κ1) is 13.9. The summed E-state index contributed by atoms with van der Waals surface area (Å²) in [5.74, 6) is 0.814. The Morgan fingerprint density at radius 2 is 2.10 bits per heavy atom. The molecule has 3 unspecified atom stereocenters. The lowest BCUT2D eigenvalue weighted by molar-refractivity contribution is 0.102. The number of benzene rings is 1. The molecule has 2 N–H and O–H groups in total. The Labute approximate surface area is 120 Å². The van der Waals surface area contributed by atoms with E-state index in [0.29, 0.717) is 25.2 Å². The van der Waals surface area contributed by atoms with Gasteiger partial charge in [0.2, 0.25) is 0 Å². The molecule has 3 atom stereocenters. The fourth-order valence-electron chi connectivity index (χ4n) is 3.38. The molecular weight excluding hydrogens is 252 g/mol. The number of aliphatic hydroxyl groups excluding tert-OH is 1. The van der Waals surface area contributed by atoms with Gasteiger partial charge in [-0.1, -0.05) is 18.2 Å². The van der Waals surface area contributed by atoms with E-state index in [0.717, 1.165) is 5.75 Å². The average Bonchev–Trinajstić information content (AvgIpc) is 3.07. The fraction of sp³-hybridized carbons (Fsp3) is 0.625. The molecule has 2 fully saturated rings. The summed E-state index contributed by atoms with van der Waals surface area (Å²) in [6.45, 7) is 3.42. The van der Waals surface area contributed by atoms with Gasteiger partial charge in [0.15, 0.2) is 0 Å². The van der Waals surface area contributed by atoms with Gasteiger partial charge < -0.3 is 15.2 Å². The van der Waals surface area contributed by atoms with E-state index in [2.05, 4.69) is 10.2 Å². The van der Waals surface area contributed by atoms with E-state index in [9.17, 15) is 5.11 Å². The lowest BCUT2D eigenvalue weighted by atomic mass is 10.1. The van der Waals surface area contributed by atoms with Crippen LogP contribution in [-0.2, 0) is 0 Å². The van der Waals surface area contributed by atoms with Crippen molar-refractivity contribution in [3.8, 4) is 5.75 Å². The van der Waals surface area contributed by atoms with Crippen LogP contribution in [0.25, 0.3) is 0 Å². The topological polar surface area (TPSA) is 44.7 Å². The Balaban J connectivity index is 1.38. The van der Waals surface area contributed by atoms with Crippen molar-refractivity contribution in [1.82, 2.24) is 10.2 Å². The monoisotopic (exact) mass is 276 g/mol. The summed E-state index contributed by atoms with van der Waals surface area (Å²) in [6, 6.07) is 10.9. The highest BCUT2D eigenvalue weighted by atomic mass is 16.5. The lowest BCUT2D eigenvalue weighted by Crippen LogP contribution is -2.43. The standard InChI is InChI=1S/C16H24N2O2/c19-13(12-20-14-5-2-1-3-6-14)11-17-15-8-10-18-9-4-7-16(15)18/h1-3,5-6,13,15-17,19H,4,7-12H2. The van der Waals surface area contributed by atoms with Crippen molar-refractivity contribution >= 4 is 0 Å². The highest BCUT2D eigenvalue weighted by Gasteiger charge is 2.36. The molecule has 4 nitrogen and oxygen atoms in total. The number of nitrogens with zero attached hydrogens (tertiary/aromatic N) is 1. The zero-order chi connectivity index (χ0) is 13.8. The van der Waals surface area contributed by atoms with E-state index >= 15 is 0 Å². The molecule has 2 aliphatic rings. The van der Waals surface area contributed by atoms with Crippen LogP contribution in [0.1, 0.15) is 19.3 Å². The van der Waals surface area contributed by atoms with Gasteiger partial charge in [-0.3, -0.25) is 4.90 Å². The van der Waals surface area contributed by atoms with Crippen molar-refractivity contribution in [2.45, 2.75) is 37.5 Å². The highest BCUT2D eigenvalue weighted by molar-refractivity contribution is 5.20. The molecule has 0 aliphatic carbocycles. The van der Waals surface area contributed by atoms with Gasteiger partial charge in [0.1, 0.15) is 18.5 Å². The lowest BCUT2D eigenvalue weighted by Gasteiger charge is -2.22.